The first-order valence-electron chi connectivity index (χ1n) is 7.52. The number of esters is 1. The minimum Gasteiger partial charge on any atom is -0.469 e. The lowest BCUT2D eigenvalue weighted by Gasteiger charge is -2.11. The molecule has 0 saturated carbocycles. The summed E-state index contributed by atoms with van der Waals surface area (Å²) in [6.07, 6.45) is 1.56. The number of halogens is 1. The predicted molar refractivity (Wildman–Crippen MR) is 98.8 cm³/mol. The molecule has 0 fully saturated rings. The third-order valence-corrected chi connectivity index (χ3v) is 4.31. The van der Waals surface area contributed by atoms with E-state index in [1.807, 2.05) is 31.2 Å². The van der Waals surface area contributed by atoms with Gasteiger partial charge >= 0.3 is 5.97 Å². The second-order valence-electron chi connectivity index (χ2n) is 5.31. The lowest BCUT2D eigenvalue weighted by molar-refractivity contribution is -0.140. The van der Waals surface area contributed by atoms with Gasteiger partial charge in [-0.3, -0.25) is 14.9 Å². The minimum atomic E-state index is -0.766. The number of ether oxygens (including phenoxy) is 1. The van der Waals surface area contributed by atoms with E-state index in [2.05, 4.69) is 20.3 Å². The van der Waals surface area contributed by atoms with Gasteiger partial charge in [0.05, 0.1) is 7.11 Å². The van der Waals surface area contributed by atoms with Gasteiger partial charge in [0.2, 0.25) is 11.0 Å². The molecule has 7 nitrogen and oxygen atoms in total. The van der Waals surface area contributed by atoms with E-state index in [4.69, 9.17) is 5.73 Å². The quantitative estimate of drug-likeness (QED) is 0.710. The molecule has 1 heterocycles. The number of nitrogens with two attached hydrogens (primary N) is 1. The third-order valence-electron chi connectivity index (χ3n) is 3.42. The van der Waals surface area contributed by atoms with Gasteiger partial charge < -0.3 is 10.5 Å². The van der Waals surface area contributed by atoms with E-state index in [9.17, 15) is 9.59 Å². The highest BCUT2D eigenvalue weighted by Gasteiger charge is 2.17. The Balaban J connectivity index is 0.00000312. The molecule has 0 aliphatic rings. The molecular formula is C16H21ClN4O3S. The number of carbonyl (C=O) groups excluding carboxylic acids is 2. The molecule has 2 aromatic rings. The minimum absolute atomic E-state index is 0. The number of nitrogens with one attached hydrogen (secondary N) is 1. The SMILES string of the molecule is COC(=O)CCCc1nnc(NC(=O)C(N)c2ccc(C)cc2)s1.Cl. The molecular weight excluding hydrogens is 364 g/mol. The highest BCUT2D eigenvalue weighted by Crippen LogP contribution is 2.19. The Morgan fingerprint density at radius 3 is 2.60 bits per heavy atom. The van der Waals surface area contributed by atoms with Crippen LogP contribution in [0.25, 0.3) is 0 Å². The second kappa shape index (κ2) is 10.1. The smallest absolute Gasteiger partial charge is 0.305 e. The van der Waals surface area contributed by atoms with E-state index in [0.717, 1.165) is 16.1 Å². The Morgan fingerprint density at radius 1 is 1.28 bits per heavy atom. The van der Waals surface area contributed by atoms with E-state index < -0.39 is 6.04 Å². The van der Waals surface area contributed by atoms with E-state index in [-0.39, 0.29) is 24.3 Å². The predicted octanol–water partition coefficient (Wildman–Crippen LogP) is 2.40. The van der Waals surface area contributed by atoms with Crippen LogP contribution in [0.1, 0.15) is 35.0 Å². The van der Waals surface area contributed by atoms with Crippen LogP contribution >= 0.6 is 23.7 Å². The molecule has 0 bridgehead atoms. The zero-order valence-electron chi connectivity index (χ0n) is 14.0. The standard InChI is InChI=1S/C16H20N4O3S.ClH/c1-10-6-8-11(9-7-10)14(17)15(22)18-16-20-19-12(24-16)4-3-5-13(21)23-2;/h6-9,14H,3-5,17H2,1-2H3,(H,18,20,22);1H. The summed E-state index contributed by atoms with van der Waals surface area (Å²) >= 11 is 1.27. The maximum absolute atomic E-state index is 12.2. The summed E-state index contributed by atoms with van der Waals surface area (Å²) in [4.78, 5) is 23.2. The van der Waals surface area contributed by atoms with E-state index in [0.29, 0.717) is 24.4 Å². The van der Waals surface area contributed by atoms with Crippen LogP contribution in [-0.2, 0) is 20.7 Å². The molecule has 136 valence electrons. The average molecular weight is 385 g/mol. The summed E-state index contributed by atoms with van der Waals surface area (Å²) in [6, 6.07) is 6.72. The number of aromatic nitrogens is 2. The van der Waals surface area contributed by atoms with Crippen molar-refractivity contribution in [3.63, 3.8) is 0 Å². The lowest BCUT2D eigenvalue weighted by Crippen LogP contribution is -2.27. The highest BCUT2D eigenvalue weighted by molar-refractivity contribution is 7.15. The number of aryl methyl sites for hydroxylation is 2. The molecule has 2 rings (SSSR count). The Kier molecular flexibility index (Phi) is 8.47. The number of benzene rings is 1. The fourth-order valence-electron chi connectivity index (χ4n) is 2.00. The van der Waals surface area contributed by atoms with Crippen molar-refractivity contribution in [1.82, 2.24) is 10.2 Å². The van der Waals surface area contributed by atoms with Gasteiger partial charge in [0.15, 0.2) is 0 Å². The molecule has 25 heavy (non-hydrogen) atoms. The van der Waals surface area contributed by atoms with Crippen molar-refractivity contribution in [2.75, 3.05) is 12.4 Å². The number of rotatable bonds is 7. The molecule has 0 spiro atoms. The fourth-order valence-corrected chi connectivity index (χ4v) is 2.78. The number of anilines is 1. The van der Waals surface area contributed by atoms with Crippen molar-refractivity contribution in [1.29, 1.82) is 0 Å². The second-order valence-corrected chi connectivity index (χ2v) is 6.37. The molecule has 0 aliphatic carbocycles. The number of carbonyl (C=O) groups is 2. The van der Waals surface area contributed by atoms with Crippen molar-refractivity contribution in [3.05, 3.63) is 40.4 Å². The normalized spacial score (nSPS) is 11.3. The third kappa shape index (κ3) is 6.41. The molecule has 1 unspecified atom stereocenters. The molecule has 0 radical (unpaired) electrons. The van der Waals surface area contributed by atoms with Crippen LogP contribution in [0.15, 0.2) is 24.3 Å². The topological polar surface area (TPSA) is 107 Å². The number of hydrogen-bond acceptors (Lipinski definition) is 7. The largest absolute Gasteiger partial charge is 0.469 e. The van der Waals surface area contributed by atoms with Crippen LogP contribution < -0.4 is 11.1 Å². The summed E-state index contributed by atoms with van der Waals surface area (Å²) in [5.74, 6) is -0.590. The summed E-state index contributed by atoms with van der Waals surface area (Å²) in [7, 11) is 1.36. The number of hydrogen-bond donors (Lipinski definition) is 2. The molecule has 1 amide bonds. The summed E-state index contributed by atoms with van der Waals surface area (Å²) in [6.45, 7) is 1.97. The number of methoxy groups -OCH3 is 1. The van der Waals surface area contributed by atoms with Gasteiger partial charge in [0.1, 0.15) is 11.0 Å². The Bertz CT molecular complexity index is 706. The molecule has 0 aliphatic heterocycles. The summed E-state index contributed by atoms with van der Waals surface area (Å²) in [5.41, 5.74) is 7.81. The Morgan fingerprint density at radius 2 is 1.96 bits per heavy atom. The lowest BCUT2D eigenvalue weighted by atomic mass is 10.1. The molecule has 1 aromatic heterocycles. The molecule has 1 aromatic carbocycles. The van der Waals surface area contributed by atoms with Gasteiger partial charge in [0.25, 0.3) is 0 Å². The Labute approximate surface area is 156 Å². The van der Waals surface area contributed by atoms with Crippen LogP contribution in [0.5, 0.6) is 0 Å². The monoisotopic (exact) mass is 384 g/mol. The zero-order chi connectivity index (χ0) is 17.5. The van der Waals surface area contributed by atoms with Gasteiger partial charge in [-0.15, -0.1) is 22.6 Å². The van der Waals surface area contributed by atoms with Crippen molar-refractivity contribution in [2.45, 2.75) is 32.2 Å². The summed E-state index contributed by atoms with van der Waals surface area (Å²) in [5, 5.41) is 11.7. The van der Waals surface area contributed by atoms with Crippen molar-refractivity contribution in [2.24, 2.45) is 5.73 Å². The molecule has 0 saturated heterocycles. The Hall–Kier alpha value is -2.03. The molecule has 3 N–H and O–H groups in total. The first-order chi connectivity index (χ1) is 11.5. The van der Waals surface area contributed by atoms with Crippen LogP contribution in [0.3, 0.4) is 0 Å². The van der Waals surface area contributed by atoms with Gasteiger partial charge in [-0.05, 0) is 18.9 Å². The van der Waals surface area contributed by atoms with Gasteiger partial charge in [-0.1, -0.05) is 41.2 Å². The van der Waals surface area contributed by atoms with Crippen LogP contribution in [0.4, 0.5) is 5.13 Å². The van der Waals surface area contributed by atoms with Gasteiger partial charge in [-0.25, -0.2) is 0 Å². The first kappa shape index (κ1) is 21.0. The number of amides is 1. The van der Waals surface area contributed by atoms with Crippen LogP contribution in [0.2, 0.25) is 0 Å². The zero-order valence-corrected chi connectivity index (χ0v) is 15.7. The van der Waals surface area contributed by atoms with Crippen molar-refractivity contribution in [3.8, 4) is 0 Å². The van der Waals surface area contributed by atoms with E-state index >= 15 is 0 Å². The maximum atomic E-state index is 12.2. The van der Waals surface area contributed by atoms with E-state index in [1.54, 1.807) is 0 Å². The fraction of sp³-hybridized carbons (Fsp3) is 0.375. The molecule has 9 heteroatoms. The van der Waals surface area contributed by atoms with Crippen LogP contribution in [0, 0.1) is 6.92 Å². The van der Waals surface area contributed by atoms with Gasteiger partial charge in [-0.2, -0.15) is 0 Å². The summed E-state index contributed by atoms with van der Waals surface area (Å²) < 4.78 is 4.58. The van der Waals surface area contributed by atoms with Crippen molar-refractivity contribution >= 4 is 40.8 Å². The average Bonchev–Trinajstić information content (AvgIpc) is 3.02. The molecule has 1 atom stereocenters. The highest BCUT2D eigenvalue weighted by atomic mass is 35.5. The van der Waals surface area contributed by atoms with Gasteiger partial charge in [0, 0.05) is 12.8 Å². The maximum Gasteiger partial charge on any atom is 0.305 e. The van der Waals surface area contributed by atoms with Crippen LogP contribution in [-0.4, -0.2) is 29.2 Å². The van der Waals surface area contributed by atoms with E-state index in [1.165, 1.54) is 18.4 Å². The van der Waals surface area contributed by atoms with Crippen molar-refractivity contribution < 1.29 is 14.3 Å². The number of nitrogens with zero attached hydrogens (tertiary/aromatic N) is 2. The first-order valence-corrected chi connectivity index (χ1v) is 8.33.